The summed E-state index contributed by atoms with van der Waals surface area (Å²) in [4.78, 5) is 10.8. The lowest BCUT2D eigenvalue weighted by Crippen LogP contribution is -2.35. The van der Waals surface area contributed by atoms with E-state index >= 15 is 0 Å². The zero-order valence-corrected chi connectivity index (χ0v) is 10.9. The molecule has 0 aromatic heterocycles. The maximum Gasteiger partial charge on any atom is 0.310 e. The highest BCUT2D eigenvalue weighted by atomic mass is 16.4. The fourth-order valence-electron chi connectivity index (χ4n) is 1.43. The van der Waals surface area contributed by atoms with E-state index < -0.39 is 11.9 Å². The molecule has 1 aromatic rings. The van der Waals surface area contributed by atoms with Gasteiger partial charge in [0.05, 0.1) is 5.92 Å². The fourth-order valence-corrected chi connectivity index (χ4v) is 1.43. The van der Waals surface area contributed by atoms with E-state index in [0.717, 1.165) is 12.1 Å². The van der Waals surface area contributed by atoms with Gasteiger partial charge < -0.3 is 10.4 Å². The van der Waals surface area contributed by atoms with Crippen LogP contribution in [0.5, 0.6) is 0 Å². The number of carboxylic acids is 1. The second-order valence-corrected chi connectivity index (χ2v) is 5.41. The Kier molecular flexibility index (Phi) is 4.29. The van der Waals surface area contributed by atoms with Gasteiger partial charge in [-0.25, -0.2) is 0 Å². The van der Waals surface area contributed by atoms with E-state index in [9.17, 15) is 4.79 Å². The number of benzene rings is 1. The molecule has 3 nitrogen and oxygen atoms in total. The van der Waals surface area contributed by atoms with Crippen LogP contribution in [0, 0.1) is 0 Å². The molecule has 0 heterocycles. The Morgan fingerprint density at radius 3 is 2.24 bits per heavy atom. The van der Waals surface area contributed by atoms with Crippen molar-refractivity contribution in [1.29, 1.82) is 0 Å². The lowest BCUT2D eigenvalue weighted by molar-refractivity contribution is -0.138. The van der Waals surface area contributed by atoms with Crippen molar-refractivity contribution >= 4 is 5.97 Å². The van der Waals surface area contributed by atoms with Crippen molar-refractivity contribution in [2.24, 2.45) is 0 Å². The topological polar surface area (TPSA) is 49.3 Å². The maximum absolute atomic E-state index is 10.8. The molecule has 0 amide bonds. The molecule has 1 aromatic carbocycles. The predicted octanol–water partition coefficient (Wildman–Crippen LogP) is 2.76. The average Bonchev–Trinajstić information content (AvgIpc) is 2.25. The van der Waals surface area contributed by atoms with Crippen LogP contribution in [0.1, 0.15) is 44.7 Å². The first kappa shape index (κ1) is 13.7. The minimum absolute atomic E-state index is 0.0903. The molecule has 1 unspecified atom stereocenters. The quantitative estimate of drug-likeness (QED) is 0.843. The molecule has 1 atom stereocenters. The molecular weight excluding hydrogens is 214 g/mol. The molecule has 0 saturated heterocycles. The Morgan fingerprint density at radius 2 is 1.82 bits per heavy atom. The van der Waals surface area contributed by atoms with Crippen LogP contribution >= 0.6 is 0 Å². The first-order valence-electron chi connectivity index (χ1n) is 5.86. The van der Waals surface area contributed by atoms with Gasteiger partial charge in [0.2, 0.25) is 0 Å². The molecule has 0 fully saturated rings. The lowest BCUT2D eigenvalue weighted by Gasteiger charge is -2.20. The normalized spacial score (nSPS) is 13.4. The molecule has 0 aliphatic carbocycles. The monoisotopic (exact) mass is 235 g/mol. The van der Waals surface area contributed by atoms with Gasteiger partial charge in [0.25, 0.3) is 0 Å². The molecule has 0 bridgehead atoms. The molecule has 0 radical (unpaired) electrons. The van der Waals surface area contributed by atoms with Crippen LogP contribution in [0.25, 0.3) is 0 Å². The largest absolute Gasteiger partial charge is 0.481 e. The molecular formula is C14H21NO2. The number of rotatable bonds is 4. The van der Waals surface area contributed by atoms with Crippen molar-refractivity contribution in [3.8, 4) is 0 Å². The number of hydrogen-bond donors (Lipinski definition) is 2. The van der Waals surface area contributed by atoms with Gasteiger partial charge in [-0.2, -0.15) is 0 Å². The first-order valence-corrected chi connectivity index (χ1v) is 5.86. The van der Waals surface area contributed by atoms with E-state index in [0.29, 0.717) is 0 Å². The molecule has 3 heteroatoms. The van der Waals surface area contributed by atoms with Crippen LogP contribution in [-0.2, 0) is 11.3 Å². The number of aliphatic carboxylic acids is 1. The van der Waals surface area contributed by atoms with E-state index in [1.807, 2.05) is 24.3 Å². The Labute approximate surface area is 103 Å². The van der Waals surface area contributed by atoms with Crippen molar-refractivity contribution in [3.05, 3.63) is 35.4 Å². The lowest BCUT2D eigenvalue weighted by atomic mass is 10.00. The standard InChI is InChI=1S/C14H21NO2/c1-10(13(16)17)12-7-5-11(6-8-12)9-15-14(2,3)4/h5-8,10,15H,9H2,1-4H3,(H,16,17). The summed E-state index contributed by atoms with van der Waals surface area (Å²) in [7, 11) is 0. The third-order valence-electron chi connectivity index (χ3n) is 2.67. The highest BCUT2D eigenvalue weighted by Gasteiger charge is 2.13. The van der Waals surface area contributed by atoms with Crippen LogP contribution in [0.2, 0.25) is 0 Å². The Balaban J connectivity index is 2.65. The van der Waals surface area contributed by atoms with Crippen LogP contribution in [-0.4, -0.2) is 16.6 Å². The van der Waals surface area contributed by atoms with E-state index in [4.69, 9.17) is 5.11 Å². The minimum atomic E-state index is -0.787. The summed E-state index contributed by atoms with van der Waals surface area (Å²) in [5.74, 6) is -1.23. The van der Waals surface area contributed by atoms with Gasteiger partial charge in [0.1, 0.15) is 0 Å². The number of carboxylic acid groups (broad SMARTS) is 1. The minimum Gasteiger partial charge on any atom is -0.481 e. The van der Waals surface area contributed by atoms with Gasteiger partial charge in [-0.1, -0.05) is 24.3 Å². The third kappa shape index (κ3) is 4.57. The highest BCUT2D eigenvalue weighted by Crippen LogP contribution is 2.16. The summed E-state index contributed by atoms with van der Waals surface area (Å²) >= 11 is 0. The number of nitrogens with one attached hydrogen (secondary N) is 1. The van der Waals surface area contributed by atoms with Crippen LogP contribution in [0.15, 0.2) is 24.3 Å². The molecule has 1 rings (SSSR count). The summed E-state index contributed by atoms with van der Waals surface area (Å²) in [5, 5.41) is 12.3. The summed E-state index contributed by atoms with van der Waals surface area (Å²) < 4.78 is 0. The van der Waals surface area contributed by atoms with Crippen molar-refractivity contribution in [2.45, 2.75) is 45.7 Å². The molecule has 0 aliphatic heterocycles. The smallest absolute Gasteiger partial charge is 0.310 e. The molecule has 0 aliphatic rings. The van der Waals surface area contributed by atoms with Gasteiger partial charge in [0, 0.05) is 12.1 Å². The molecule has 0 spiro atoms. The fraction of sp³-hybridized carbons (Fsp3) is 0.500. The van der Waals surface area contributed by atoms with Crippen molar-refractivity contribution in [1.82, 2.24) is 5.32 Å². The van der Waals surface area contributed by atoms with Crippen LogP contribution in [0.3, 0.4) is 0 Å². The van der Waals surface area contributed by atoms with Crippen LogP contribution in [0.4, 0.5) is 0 Å². The number of carbonyl (C=O) groups is 1. The Morgan fingerprint density at radius 1 is 1.29 bits per heavy atom. The zero-order chi connectivity index (χ0) is 13.1. The molecule has 94 valence electrons. The van der Waals surface area contributed by atoms with E-state index in [2.05, 4.69) is 26.1 Å². The highest BCUT2D eigenvalue weighted by molar-refractivity contribution is 5.75. The Bertz CT molecular complexity index is 376. The van der Waals surface area contributed by atoms with E-state index in [-0.39, 0.29) is 5.54 Å². The molecule has 2 N–H and O–H groups in total. The second-order valence-electron chi connectivity index (χ2n) is 5.41. The molecule has 17 heavy (non-hydrogen) atoms. The van der Waals surface area contributed by atoms with E-state index in [1.54, 1.807) is 6.92 Å². The Hall–Kier alpha value is -1.35. The SMILES string of the molecule is CC(C(=O)O)c1ccc(CNC(C)(C)C)cc1. The summed E-state index contributed by atoms with van der Waals surface area (Å²) in [6.07, 6.45) is 0. The van der Waals surface area contributed by atoms with Gasteiger partial charge in [-0.15, -0.1) is 0 Å². The van der Waals surface area contributed by atoms with Crippen molar-refractivity contribution < 1.29 is 9.90 Å². The second kappa shape index (κ2) is 5.32. The van der Waals surface area contributed by atoms with Gasteiger partial charge >= 0.3 is 5.97 Å². The first-order chi connectivity index (χ1) is 7.79. The summed E-state index contributed by atoms with van der Waals surface area (Å²) in [5.41, 5.74) is 2.10. The van der Waals surface area contributed by atoms with Crippen LogP contribution < -0.4 is 5.32 Å². The zero-order valence-electron chi connectivity index (χ0n) is 10.9. The summed E-state index contributed by atoms with van der Waals surface area (Å²) in [6, 6.07) is 7.73. The third-order valence-corrected chi connectivity index (χ3v) is 2.67. The van der Waals surface area contributed by atoms with Gasteiger partial charge in [-0.3, -0.25) is 4.79 Å². The maximum atomic E-state index is 10.8. The molecule has 0 saturated carbocycles. The number of hydrogen-bond acceptors (Lipinski definition) is 2. The van der Waals surface area contributed by atoms with Crippen molar-refractivity contribution in [2.75, 3.05) is 0 Å². The van der Waals surface area contributed by atoms with Gasteiger partial charge in [0.15, 0.2) is 0 Å². The average molecular weight is 235 g/mol. The van der Waals surface area contributed by atoms with E-state index in [1.165, 1.54) is 5.56 Å². The summed E-state index contributed by atoms with van der Waals surface area (Å²) in [6.45, 7) is 8.85. The van der Waals surface area contributed by atoms with Gasteiger partial charge in [-0.05, 0) is 38.8 Å². The van der Waals surface area contributed by atoms with Crippen molar-refractivity contribution in [3.63, 3.8) is 0 Å². The predicted molar refractivity (Wildman–Crippen MR) is 69.1 cm³/mol.